The molecule has 0 amide bonds. The van der Waals surface area contributed by atoms with E-state index in [1.54, 1.807) is 25.4 Å². The van der Waals surface area contributed by atoms with Crippen molar-refractivity contribution < 1.29 is 9.47 Å². The normalized spacial score (nSPS) is 16.3. The molecule has 1 aliphatic rings. The summed E-state index contributed by atoms with van der Waals surface area (Å²) in [6.45, 7) is 2.22. The van der Waals surface area contributed by atoms with E-state index >= 15 is 0 Å². The average molecular weight is 333 g/mol. The maximum Gasteiger partial charge on any atom is 0.219 e. The van der Waals surface area contributed by atoms with Crippen molar-refractivity contribution in [3.05, 3.63) is 47.1 Å². The van der Waals surface area contributed by atoms with Crippen LogP contribution in [0.3, 0.4) is 0 Å². The van der Waals surface area contributed by atoms with Gasteiger partial charge >= 0.3 is 0 Å². The van der Waals surface area contributed by atoms with Gasteiger partial charge in [-0.2, -0.15) is 0 Å². The van der Waals surface area contributed by atoms with Crippen LogP contribution in [0.2, 0.25) is 5.02 Å². The summed E-state index contributed by atoms with van der Waals surface area (Å²) in [5.74, 6) is 2.51. The lowest BCUT2D eigenvalue weighted by atomic mass is 9.89. The molecule has 3 rings (SSSR count). The molecule has 23 heavy (non-hydrogen) atoms. The lowest BCUT2D eigenvalue weighted by Crippen LogP contribution is -2.29. The Morgan fingerprint density at radius 2 is 1.96 bits per heavy atom. The first-order valence-electron chi connectivity index (χ1n) is 7.82. The molecule has 0 radical (unpaired) electrons. The highest BCUT2D eigenvalue weighted by Crippen LogP contribution is 2.41. The molecule has 0 unspecified atom stereocenters. The molecule has 4 nitrogen and oxygen atoms in total. The number of para-hydroxylation sites is 1. The molecule has 122 valence electrons. The van der Waals surface area contributed by atoms with Crippen LogP contribution in [0.1, 0.15) is 24.3 Å². The van der Waals surface area contributed by atoms with Crippen LogP contribution in [0.25, 0.3) is 0 Å². The second-order valence-electron chi connectivity index (χ2n) is 5.87. The fraction of sp³-hybridized carbons (Fsp3) is 0.389. The van der Waals surface area contributed by atoms with Gasteiger partial charge in [-0.1, -0.05) is 23.7 Å². The maximum atomic E-state index is 5.90. The van der Waals surface area contributed by atoms with Crippen LogP contribution >= 0.6 is 11.6 Å². The second kappa shape index (κ2) is 7.20. The number of ether oxygens (including phenoxy) is 2. The van der Waals surface area contributed by atoms with E-state index in [0.717, 1.165) is 31.7 Å². The van der Waals surface area contributed by atoms with E-state index in [4.69, 9.17) is 21.1 Å². The first kappa shape index (κ1) is 16.1. The third-order valence-electron chi connectivity index (χ3n) is 4.29. The van der Waals surface area contributed by atoms with Crippen molar-refractivity contribution in [2.45, 2.75) is 18.8 Å². The molecule has 1 saturated heterocycles. The van der Waals surface area contributed by atoms with Crippen molar-refractivity contribution in [1.82, 2.24) is 9.88 Å². The van der Waals surface area contributed by atoms with Crippen LogP contribution < -0.4 is 9.47 Å². The number of hydrogen-bond acceptors (Lipinski definition) is 4. The Hall–Kier alpha value is -1.78. The molecule has 2 aromatic rings. The lowest BCUT2D eigenvalue weighted by Gasteiger charge is -2.30. The third kappa shape index (κ3) is 3.77. The van der Waals surface area contributed by atoms with Gasteiger partial charge in [0.05, 0.1) is 12.1 Å². The standard InChI is InChI=1S/C18H21ClN2O2/c1-21-10-8-13(9-11-21)15-4-3-5-16(18(15)22-2)23-17-7-6-14(19)12-20-17/h3-7,12-13H,8-11H2,1-2H3. The van der Waals surface area contributed by atoms with Gasteiger partial charge in [-0.3, -0.25) is 0 Å². The number of nitrogens with zero attached hydrogens (tertiary/aromatic N) is 2. The Morgan fingerprint density at radius 3 is 2.61 bits per heavy atom. The molecule has 1 aromatic heterocycles. The summed E-state index contributed by atoms with van der Waals surface area (Å²) >= 11 is 5.87. The number of piperidine rings is 1. The van der Waals surface area contributed by atoms with Crippen LogP contribution in [-0.2, 0) is 0 Å². The van der Waals surface area contributed by atoms with Crippen LogP contribution in [0.5, 0.6) is 17.4 Å². The Labute approximate surface area is 142 Å². The summed E-state index contributed by atoms with van der Waals surface area (Å²) in [5.41, 5.74) is 1.21. The second-order valence-corrected chi connectivity index (χ2v) is 6.31. The Balaban J connectivity index is 1.86. The zero-order valence-corrected chi connectivity index (χ0v) is 14.2. The summed E-state index contributed by atoms with van der Waals surface area (Å²) in [6.07, 6.45) is 3.84. The van der Waals surface area contributed by atoms with E-state index in [0.29, 0.717) is 22.6 Å². The molecule has 0 saturated carbocycles. The fourth-order valence-electron chi connectivity index (χ4n) is 3.01. The minimum absolute atomic E-state index is 0.503. The van der Waals surface area contributed by atoms with E-state index in [1.165, 1.54) is 5.56 Å². The average Bonchev–Trinajstić information content (AvgIpc) is 2.57. The smallest absolute Gasteiger partial charge is 0.219 e. The van der Waals surface area contributed by atoms with Gasteiger partial charge < -0.3 is 14.4 Å². The minimum atomic E-state index is 0.503. The number of benzene rings is 1. The van der Waals surface area contributed by atoms with Gasteiger partial charge in [-0.15, -0.1) is 0 Å². The van der Waals surface area contributed by atoms with Gasteiger partial charge in [0.25, 0.3) is 0 Å². The highest BCUT2D eigenvalue weighted by molar-refractivity contribution is 6.30. The first-order valence-corrected chi connectivity index (χ1v) is 8.20. The predicted molar refractivity (Wildman–Crippen MR) is 91.8 cm³/mol. The fourth-order valence-corrected chi connectivity index (χ4v) is 3.12. The van der Waals surface area contributed by atoms with Gasteiger partial charge in [-0.25, -0.2) is 4.98 Å². The van der Waals surface area contributed by atoms with Crippen molar-refractivity contribution in [1.29, 1.82) is 0 Å². The van der Waals surface area contributed by atoms with E-state index in [1.807, 2.05) is 12.1 Å². The molecule has 0 N–H and O–H groups in total. The van der Waals surface area contributed by atoms with Gasteiger partial charge in [0.2, 0.25) is 5.88 Å². The van der Waals surface area contributed by atoms with Gasteiger partial charge in [0.15, 0.2) is 11.5 Å². The summed E-state index contributed by atoms with van der Waals surface area (Å²) in [7, 11) is 3.86. The number of aromatic nitrogens is 1. The quantitative estimate of drug-likeness (QED) is 0.834. The summed E-state index contributed by atoms with van der Waals surface area (Å²) < 4.78 is 11.6. The van der Waals surface area contributed by atoms with E-state index in [2.05, 4.69) is 23.0 Å². The number of hydrogen-bond donors (Lipinski definition) is 0. The van der Waals surface area contributed by atoms with Crippen molar-refractivity contribution in [3.63, 3.8) is 0 Å². The number of rotatable bonds is 4. The van der Waals surface area contributed by atoms with Crippen LogP contribution in [0.15, 0.2) is 36.5 Å². The number of halogens is 1. The maximum absolute atomic E-state index is 5.90. The van der Waals surface area contributed by atoms with E-state index in [-0.39, 0.29) is 0 Å². The highest BCUT2D eigenvalue weighted by Gasteiger charge is 2.23. The Kier molecular flexibility index (Phi) is 5.03. The molecule has 0 aliphatic carbocycles. The molecular weight excluding hydrogens is 312 g/mol. The molecule has 1 aliphatic heterocycles. The summed E-state index contributed by atoms with van der Waals surface area (Å²) in [5, 5.41) is 0.587. The zero-order chi connectivity index (χ0) is 16.2. The van der Waals surface area contributed by atoms with Crippen molar-refractivity contribution in [3.8, 4) is 17.4 Å². The Morgan fingerprint density at radius 1 is 1.17 bits per heavy atom. The highest BCUT2D eigenvalue weighted by atomic mass is 35.5. The number of pyridine rings is 1. The molecule has 5 heteroatoms. The predicted octanol–water partition coefficient (Wildman–Crippen LogP) is 4.35. The van der Waals surface area contributed by atoms with Crippen molar-refractivity contribution >= 4 is 11.6 Å². The lowest BCUT2D eigenvalue weighted by molar-refractivity contribution is 0.251. The van der Waals surface area contributed by atoms with Gasteiger partial charge in [0, 0.05) is 17.8 Å². The molecule has 1 fully saturated rings. The van der Waals surface area contributed by atoms with E-state index < -0.39 is 0 Å². The molecular formula is C18H21ClN2O2. The van der Waals surface area contributed by atoms with E-state index in [9.17, 15) is 0 Å². The molecule has 0 spiro atoms. The first-order chi connectivity index (χ1) is 11.2. The largest absolute Gasteiger partial charge is 0.493 e. The van der Waals surface area contributed by atoms with Crippen LogP contribution in [0, 0.1) is 0 Å². The van der Waals surface area contributed by atoms with Crippen molar-refractivity contribution in [2.75, 3.05) is 27.2 Å². The minimum Gasteiger partial charge on any atom is -0.493 e. The summed E-state index contributed by atoms with van der Waals surface area (Å²) in [6, 6.07) is 9.58. The van der Waals surface area contributed by atoms with Gasteiger partial charge in [0.1, 0.15) is 0 Å². The molecule has 0 atom stereocenters. The number of likely N-dealkylation sites (tertiary alicyclic amines) is 1. The van der Waals surface area contributed by atoms with Crippen LogP contribution in [0.4, 0.5) is 0 Å². The Bertz CT molecular complexity index is 653. The monoisotopic (exact) mass is 332 g/mol. The van der Waals surface area contributed by atoms with Crippen LogP contribution in [-0.4, -0.2) is 37.1 Å². The molecule has 0 bridgehead atoms. The summed E-state index contributed by atoms with van der Waals surface area (Å²) in [4.78, 5) is 6.55. The molecule has 2 heterocycles. The zero-order valence-electron chi connectivity index (χ0n) is 13.5. The topological polar surface area (TPSA) is 34.6 Å². The number of methoxy groups -OCH3 is 1. The van der Waals surface area contributed by atoms with Gasteiger partial charge in [-0.05, 0) is 51.0 Å². The molecule has 1 aromatic carbocycles. The third-order valence-corrected chi connectivity index (χ3v) is 4.51. The van der Waals surface area contributed by atoms with Crippen molar-refractivity contribution in [2.24, 2.45) is 0 Å². The SMILES string of the molecule is COc1c(Oc2ccc(Cl)cn2)cccc1C1CCN(C)CC1.